The SMILES string of the molecule is COc1ccc(N(C#CP(=O)(c2ccccc2)c2ccccc2)c2ccc(C)cc2)cc1. The van der Waals surface area contributed by atoms with Crippen LogP contribution in [-0.2, 0) is 4.57 Å². The molecule has 0 aromatic heterocycles. The molecular weight excluding hydrogens is 413 g/mol. The Labute approximate surface area is 189 Å². The van der Waals surface area contributed by atoms with Gasteiger partial charge in [-0.15, -0.1) is 0 Å². The molecule has 0 heterocycles. The average molecular weight is 437 g/mol. The molecule has 0 aliphatic heterocycles. The number of anilines is 2. The van der Waals surface area contributed by atoms with E-state index in [0.717, 1.165) is 33.3 Å². The minimum Gasteiger partial charge on any atom is -0.497 e. The van der Waals surface area contributed by atoms with Gasteiger partial charge in [-0.2, -0.15) is 0 Å². The maximum Gasteiger partial charge on any atom is 0.212 e. The molecule has 0 aliphatic carbocycles. The molecule has 0 atom stereocenters. The standard InChI is InChI=1S/C28H24NO2P/c1-23-13-15-24(16-14-23)29(25-17-19-26(31-2)20-18-25)21-22-32(30,27-9-5-3-6-10-27)28-11-7-4-8-12-28/h3-20H,1-2H3. The normalized spacial score (nSPS) is 10.7. The molecule has 3 nitrogen and oxygen atoms in total. The van der Waals surface area contributed by atoms with E-state index in [-0.39, 0.29) is 0 Å². The van der Waals surface area contributed by atoms with Crippen LogP contribution in [0.3, 0.4) is 0 Å². The topological polar surface area (TPSA) is 29.5 Å². The summed E-state index contributed by atoms with van der Waals surface area (Å²) in [6.45, 7) is 2.05. The van der Waals surface area contributed by atoms with Gasteiger partial charge < -0.3 is 4.74 Å². The molecule has 0 aliphatic rings. The van der Waals surface area contributed by atoms with E-state index < -0.39 is 7.14 Å². The van der Waals surface area contributed by atoms with E-state index in [9.17, 15) is 4.57 Å². The summed E-state index contributed by atoms with van der Waals surface area (Å²) < 4.78 is 19.6. The Balaban J connectivity index is 1.86. The van der Waals surface area contributed by atoms with Gasteiger partial charge in [0.15, 0.2) is 0 Å². The van der Waals surface area contributed by atoms with Gasteiger partial charge in [0.05, 0.1) is 18.5 Å². The van der Waals surface area contributed by atoms with Gasteiger partial charge in [0.25, 0.3) is 0 Å². The lowest BCUT2D eigenvalue weighted by Crippen LogP contribution is -2.16. The molecule has 0 fully saturated rings. The third kappa shape index (κ3) is 4.62. The summed E-state index contributed by atoms with van der Waals surface area (Å²) in [7, 11) is -1.53. The van der Waals surface area contributed by atoms with Gasteiger partial charge in [-0.25, -0.2) is 0 Å². The second-order valence-corrected chi connectivity index (χ2v) is 9.85. The van der Waals surface area contributed by atoms with Crippen molar-refractivity contribution in [3.05, 3.63) is 115 Å². The molecule has 0 N–H and O–H groups in total. The van der Waals surface area contributed by atoms with E-state index in [0.29, 0.717) is 0 Å². The second kappa shape index (κ2) is 9.60. The fourth-order valence-electron chi connectivity index (χ4n) is 3.38. The van der Waals surface area contributed by atoms with Crippen LogP contribution in [0.15, 0.2) is 109 Å². The number of methoxy groups -OCH3 is 1. The molecule has 0 bridgehead atoms. The zero-order valence-electron chi connectivity index (χ0n) is 18.1. The minimum atomic E-state index is -3.17. The Hall–Kier alpha value is -3.73. The fraction of sp³-hybridized carbons (Fsp3) is 0.0714. The first kappa shape index (κ1) is 21.5. The molecule has 158 valence electrons. The second-order valence-electron chi connectivity index (χ2n) is 7.37. The van der Waals surface area contributed by atoms with E-state index in [1.54, 1.807) is 7.11 Å². The number of aryl methyl sites for hydroxylation is 1. The summed E-state index contributed by atoms with van der Waals surface area (Å²) in [6, 6.07) is 38.0. The third-order valence-corrected chi connectivity index (χ3v) is 7.65. The molecule has 0 saturated carbocycles. The van der Waals surface area contributed by atoms with Gasteiger partial charge in [0.2, 0.25) is 7.14 Å². The van der Waals surface area contributed by atoms with E-state index in [1.165, 1.54) is 0 Å². The number of rotatable bonds is 5. The van der Waals surface area contributed by atoms with E-state index in [4.69, 9.17) is 4.74 Å². The molecule has 0 radical (unpaired) electrons. The number of benzene rings is 4. The van der Waals surface area contributed by atoms with Crippen LogP contribution in [0.5, 0.6) is 5.75 Å². The smallest absolute Gasteiger partial charge is 0.212 e. The van der Waals surface area contributed by atoms with E-state index in [1.807, 2.05) is 121 Å². The lowest BCUT2D eigenvalue weighted by Gasteiger charge is -2.19. The molecule has 0 saturated heterocycles. The highest BCUT2D eigenvalue weighted by molar-refractivity contribution is 7.83. The quantitative estimate of drug-likeness (QED) is 0.215. The Morgan fingerprint density at radius 1 is 0.688 bits per heavy atom. The molecule has 4 aromatic carbocycles. The van der Waals surface area contributed by atoms with Crippen LogP contribution in [0.4, 0.5) is 11.4 Å². The van der Waals surface area contributed by atoms with Crippen molar-refractivity contribution in [2.24, 2.45) is 0 Å². The van der Waals surface area contributed by atoms with Crippen molar-refractivity contribution in [1.82, 2.24) is 0 Å². The highest BCUT2D eigenvalue weighted by atomic mass is 31.2. The van der Waals surface area contributed by atoms with Gasteiger partial charge in [-0.3, -0.25) is 9.46 Å². The lowest BCUT2D eigenvalue weighted by molar-refractivity contribution is 0.415. The molecular formula is C28H24NO2P. The maximum absolute atomic E-state index is 14.3. The molecule has 32 heavy (non-hydrogen) atoms. The zero-order valence-corrected chi connectivity index (χ0v) is 19.0. The van der Waals surface area contributed by atoms with Gasteiger partial charge in [-0.1, -0.05) is 78.4 Å². The Kier molecular flexibility index (Phi) is 6.45. The number of nitrogens with zero attached hydrogens (tertiary/aromatic N) is 1. The minimum absolute atomic E-state index is 0.720. The van der Waals surface area contributed by atoms with Crippen molar-refractivity contribution in [3.8, 4) is 17.5 Å². The largest absolute Gasteiger partial charge is 0.497 e. The summed E-state index contributed by atoms with van der Waals surface area (Å²) in [5.41, 5.74) is 6.11. The van der Waals surface area contributed by atoms with Gasteiger partial charge in [0, 0.05) is 16.7 Å². The number of hydrogen-bond acceptors (Lipinski definition) is 3. The first-order chi connectivity index (χ1) is 15.6. The van der Waals surface area contributed by atoms with Crippen LogP contribution in [0.25, 0.3) is 0 Å². The Morgan fingerprint density at radius 2 is 1.16 bits per heavy atom. The van der Waals surface area contributed by atoms with Crippen LogP contribution in [0, 0.1) is 18.6 Å². The Morgan fingerprint density at radius 3 is 1.62 bits per heavy atom. The molecule has 4 rings (SSSR count). The number of hydrogen-bond donors (Lipinski definition) is 0. The van der Waals surface area contributed by atoms with Crippen molar-refractivity contribution < 1.29 is 9.30 Å². The van der Waals surface area contributed by atoms with Crippen molar-refractivity contribution in [3.63, 3.8) is 0 Å². The van der Waals surface area contributed by atoms with Gasteiger partial charge in [-0.05, 0) is 49.0 Å². The first-order valence-corrected chi connectivity index (χ1v) is 12.1. The molecule has 0 unspecified atom stereocenters. The van der Waals surface area contributed by atoms with E-state index in [2.05, 4.69) is 11.7 Å². The van der Waals surface area contributed by atoms with E-state index >= 15 is 0 Å². The Bertz CT molecular complexity index is 1230. The zero-order chi connectivity index (χ0) is 22.4. The van der Waals surface area contributed by atoms with Crippen molar-refractivity contribution >= 4 is 29.1 Å². The summed E-state index contributed by atoms with van der Waals surface area (Å²) in [6.07, 6.45) is 0. The molecule has 4 aromatic rings. The van der Waals surface area contributed by atoms with Gasteiger partial charge >= 0.3 is 0 Å². The third-order valence-electron chi connectivity index (χ3n) is 5.18. The first-order valence-electron chi connectivity index (χ1n) is 10.4. The summed E-state index contributed by atoms with van der Waals surface area (Å²) in [4.78, 5) is 1.87. The maximum atomic E-state index is 14.3. The van der Waals surface area contributed by atoms with Crippen LogP contribution in [-0.4, -0.2) is 7.11 Å². The molecule has 4 heteroatoms. The van der Waals surface area contributed by atoms with Crippen LogP contribution < -0.4 is 20.2 Å². The fourth-order valence-corrected chi connectivity index (χ4v) is 5.36. The lowest BCUT2D eigenvalue weighted by atomic mass is 10.2. The summed E-state index contributed by atoms with van der Waals surface area (Å²) >= 11 is 0. The number of ether oxygens (including phenoxy) is 1. The molecule has 0 amide bonds. The highest BCUT2D eigenvalue weighted by Gasteiger charge is 2.25. The van der Waals surface area contributed by atoms with Crippen LogP contribution in [0.1, 0.15) is 5.56 Å². The van der Waals surface area contributed by atoms with Crippen molar-refractivity contribution in [2.75, 3.05) is 12.0 Å². The van der Waals surface area contributed by atoms with Gasteiger partial charge in [0.1, 0.15) is 5.75 Å². The summed E-state index contributed by atoms with van der Waals surface area (Å²) in [5, 5.41) is 1.44. The highest BCUT2D eigenvalue weighted by Crippen LogP contribution is 2.42. The predicted octanol–water partition coefficient (Wildman–Crippen LogP) is 6.07. The van der Waals surface area contributed by atoms with Crippen molar-refractivity contribution in [2.45, 2.75) is 6.92 Å². The van der Waals surface area contributed by atoms with Crippen LogP contribution in [0.2, 0.25) is 0 Å². The average Bonchev–Trinajstić information content (AvgIpc) is 2.86. The predicted molar refractivity (Wildman–Crippen MR) is 134 cm³/mol. The molecule has 0 spiro atoms. The monoisotopic (exact) mass is 437 g/mol. The van der Waals surface area contributed by atoms with Crippen molar-refractivity contribution in [1.29, 1.82) is 0 Å². The van der Waals surface area contributed by atoms with Crippen LogP contribution >= 0.6 is 7.14 Å². The summed E-state index contributed by atoms with van der Waals surface area (Å²) in [5.74, 6) is 0.768.